The van der Waals surface area contributed by atoms with Crippen LogP contribution < -0.4 is 10.1 Å². The van der Waals surface area contributed by atoms with E-state index in [0.717, 1.165) is 30.2 Å². The Kier molecular flexibility index (Phi) is 4.53. The number of rotatable bonds is 6. The molecule has 1 heterocycles. The van der Waals surface area contributed by atoms with Gasteiger partial charge >= 0.3 is 0 Å². The number of benzene rings is 1. The lowest BCUT2D eigenvalue weighted by Gasteiger charge is -2.08. The van der Waals surface area contributed by atoms with Gasteiger partial charge in [-0.1, -0.05) is 25.1 Å². The molecule has 0 amide bonds. The Morgan fingerprint density at radius 3 is 2.78 bits per heavy atom. The molecule has 2 rings (SSSR count). The number of aryl methyl sites for hydroxylation is 1. The molecule has 0 aliphatic rings. The number of ether oxygens (including phenoxy) is 1. The van der Waals surface area contributed by atoms with Crippen molar-refractivity contribution in [2.24, 2.45) is 0 Å². The molecular weight excluding hydrogens is 226 g/mol. The van der Waals surface area contributed by atoms with E-state index in [1.165, 1.54) is 0 Å². The zero-order chi connectivity index (χ0) is 12.6. The van der Waals surface area contributed by atoms with Gasteiger partial charge in [0, 0.05) is 11.8 Å². The third kappa shape index (κ3) is 3.73. The van der Waals surface area contributed by atoms with Crippen molar-refractivity contribution >= 4 is 5.82 Å². The van der Waals surface area contributed by atoms with Crippen LogP contribution in [0, 0.1) is 0 Å². The highest BCUT2D eigenvalue weighted by Crippen LogP contribution is 2.08. The third-order valence-electron chi connectivity index (χ3n) is 2.51. The van der Waals surface area contributed by atoms with Crippen LogP contribution in [0.15, 0.2) is 42.7 Å². The van der Waals surface area contributed by atoms with Gasteiger partial charge in [-0.2, -0.15) is 0 Å². The number of para-hydroxylation sites is 1. The predicted octanol–water partition coefficient (Wildman–Crippen LogP) is 2.53. The van der Waals surface area contributed by atoms with E-state index in [9.17, 15) is 0 Å². The molecule has 0 bridgehead atoms. The van der Waals surface area contributed by atoms with Crippen LogP contribution >= 0.6 is 0 Å². The molecule has 0 fully saturated rings. The molecule has 0 atom stereocenters. The molecule has 2 aromatic rings. The summed E-state index contributed by atoms with van der Waals surface area (Å²) < 4.78 is 5.58. The number of nitrogens with one attached hydrogen (secondary N) is 1. The van der Waals surface area contributed by atoms with Crippen molar-refractivity contribution in [3.63, 3.8) is 0 Å². The number of aromatic nitrogens is 2. The van der Waals surface area contributed by atoms with Crippen LogP contribution in [-0.4, -0.2) is 23.1 Å². The quantitative estimate of drug-likeness (QED) is 0.792. The summed E-state index contributed by atoms with van der Waals surface area (Å²) in [6.45, 7) is 3.40. The fraction of sp³-hybridized carbons (Fsp3) is 0.286. The first kappa shape index (κ1) is 12.4. The van der Waals surface area contributed by atoms with Crippen LogP contribution in [0.1, 0.15) is 12.6 Å². The van der Waals surface area contributed by atoms with Gasteiger partial charge in [0.25, 0.3) is 0 Å². The van der Waals surface area contributed by atoms with Gasteiger partial charge in [-0.25, -0.2) is 9.97 Å². The lowest BCUT2D eigenvalue weighted by atomic mass is 10.3. The minimum absolute atomic E-state index is 0.607. The maximum absolute atomic E-state index is 5.58. The highest BCUT2D eigenvalue weighted by Gasteiger charge is 1.96. The molecule has 1 N–H and O–H groups in total. The van der Waals surface area contributed by atoms with Crippen molar-refractivity contribution in [3.8, 4) is 5.75 Å². The topological polar surface area (TPSA) is 47.0 Å². The monoisotopic (exact) mass is 243 g/mol. The second kappa shape index (κ2) is 6.59. The summed E-state index contributed by atoms with van der Waals surface area (Å²) in [6, 6.07) is 11.7. The molecule has 0 saturated heterocycles. The SMILES string of the molecule is CCc1cc(NCCOc2ccccc2)ncn1. The average Bonchev–Trinajstić information content (AvgIpc) is 2.45. The molecule has 0 aliphatic carbocycles. The largest absolute Gasteiger partial charge is 0.492 e. The van der Waals surface area contributed by atoms with E-state index >= 15 is 0 Å². The Labute approximate surface area is 107 Å². The predicted molar refractivity (Wildman–Crippen MR) is 71.8 cm³/mol. The summed E-state index contributed by atoms with van der Waals surface area (Å²) >= 11 is 0. The lowest BCUT2D eigenvalue weighted by Crippen LogP contribution is -2.12. The first-order valence-electron chi connectivity index (χ1n) is 6.11. The van der Waals surface area contributed by atoms with Crippen molar-refractivity contribution in [2.45, 2.75) is 13.3 Å². The van der Waals surface area contributed by atoms with Crippen molar-refractivity contribution in [1.82, 2.24) is 9.97 Å². The number of nitrogens with zero attached hydrogens (tertiary/aromatic N) is 2. The smallest absolute Gasteiger partial charge is 0.129 e. The molecule has 4 heteroatoms. The van der Waals surface area contributed by atoms with Crippen LogP contribution in [0.3, 0.4) is 0 Å². The number of hydrogen-bond donors (Lipinski definition) is 1. The highest BCUT2D eigenvalue weighted by atomic mass is 16.5. The molecule has 18 heavy (non-hydrogen) atoms. The van der Waals surface area contributed by atoms with Crippen LogP contribution in [-0.2, 0) is 6.42 Å². The Balaban J connectivity index is 1.75. The van der Waals surface area contributed by atoms with E-state index in [1.54, 1.807) is 6.33 Å². The minimum Gasteiger partial charge on any atom is -0.492 e. The number of anilines is 1. The van der Waals surface area contributed by atoms with Gasteiger partial charge < -0.3 is 10.1 Å². The Morgan fingerprint density at radius 1 is 1.17 bits per heavy atom. The summed E-state index contributed by atoms with van der Waals surface area (Å²) in [5, 5.41) is 3.21. The second-order valence-corrected chi connectivity index (χ2v) is 3.84. The minimum atomic E-state index is 0.607. The van der Waals surface area contributed by atoms with E-state index in [4.69, 9.17) is 4.74 Å². The Morgan fingerprint density at radius 2 is 2.00 bits per heavy atom. The standard InChI is InChI=1S/C14H17N3O/c1-2-12-10-14(17-11-16-12)15-8-9-18-13-6-4-3-5-7-13/h3-7,10-11H,2,8-9H2,1H3,(H,15,16,17). The Hall–Kier alpha value is -2.10. The fourth-order valence-electron chi connectivity index (χ4n) is 1.55. The molecule has 1 aromatic heterocycles. The summed E-state index contributed by atoms with van der Waals surface area (Å²) in [5.74, 6) is 1.73. The number of hydrogen-bond acceptors (Lipinski definition) is 4. The molecule has 94 valence electrons. The summed E-state index contributed by atoms with van der Waals surface area (Å²) in [6.07, 6.45) is 2.50. The second-order valence-electron chi connectivity index (χ2n) is 3.84. The van der Waals surface area contributed by atoms with Gasteiger partial charge in [-0.3, -0.25) is 0 Å². The first-order valence-corrected chi connectivity index (χ1v) is 6.11. The maximum atomic E-state index is 5.58. The zero-order valence-electron chi connectivity index (χ0n) is 10.5. The van der Waals surface area contributed by atoms with Crippen LogP contribution in [0.25, 0.3) is 0 Å². The van der Waals surface area contributed by atoms with Crippen molar-refractivity contribution < 1.29 is 4.74 Å². The van der Waals surface area contributed by atoms with E-state index in [0.29, 0.717) is 6.61 Å². The normalized spacial score (nSPS) is 10.1. The molecule has 0 aliphatic heterocycles. The van der Waals surface area contributed by atoms with Gasteiger partial charge in [0.2, 0.25) is 0 Å². The van der Waals surface area contributed by atoms with Gasteiger partial charge in [0.1, 0.15) is 24.5 Å². The molecule has 0 unspecified atom stereocenters. The van der Waals surface area contributed by atoms with Crippen molar-refractivity contribution in [2.75, 3.05) is 18.5 Å². The van der Waals surface area contributed by atoms with Gasteiger partial charge in [0.15, 0.2) is 0 Å². The van der Waals surface area contributed by atoms with E-state index in [2.05, 4.69) is 22.2 Å². The van der Waals surface area contributed by atoms with E-state index < -0.39 is 0 Å². The van der Waals surface area contributed by atoms with Crippen LogP contribution in [0.2, 0.25) is 0 Å². The van der Waals surface area contributed by atoms with Gasteiger partial charge in [-0.05, 0) is 18.6 Å². The molecular formula is C14H17N3O. The summed E-state index contributed by atoms with van der Waals surface area (Å²) in [4.78, 5) is 8.31. The highest BCUT2D eigenvalue weighted by molar-refractivity contribution is 5.34. The molecule has 1 aromatic carbocycles. The van der Waals surface area contributed by atoms with Gasteiger partial charge in [-0.15, -0.1) is 0 Å². The molecule has 0 saturated carbocycles. The summed E-state index contributed by atoms with van der Waals surface area (Å²) in [7, 11) is 0. The molecule has 0 radical (unpaired) electrons. The van der Waals surface area contributed by atoms with Crippen LogP contribution in [0.5, 0.6) is 5.75 Å². The summed E-state index contributed by atoms with van der Waals surface area (Å²) in [5.41, 5.74) is 1.04. The van der Waals surface area contributed by atoms with Gasteiger partial charge in [0.05, 0.1) is 6.54 Å². The lowest BCUT2D eigenvalue weighted by molar-refractivity contribution is 0.333. The fourth-order valence-corrected chi connectivity index (χ4v) is 1.55. The average molecular weight is 243 g/mol. The van der Waals surface area contributed by atoms with Crippen molar-refractivity contribution in [1.29, 1.82) is 0 Å². The molecule has 4 nitrogen and oxygen atoms in total. The van der Waals surface area contributed by atoms with Crippen molar-refractivity contribution in [3.05, 3.63) is 48.4 Å². The first-order chi connectivity index (χ1) is 8.88. The zero-order valence-corrected chi connectivity index (χ0v) is 10.5. The third-order valence-corrected chi connectivity index (χ3v) is 2.51. The van der Waals surface area contributed by atoms with Crippen LogP contribution in [0.4, 0.5) is 5.82 Å². The van der Waals surface area contributed by atoms with E-state index in [-0.39, 0.29) is 0 Å². The van der Waals surface area contributed by atoms with E-state index in [1.807, 2.05) is 36.4 Å². The Bertz CT molecular complexity index is 473. The maximum Gasteiger partial charge on any atom is 0.129 e. The molecule has 0 spiro atoms.